The molecule has 3 atom stereocenters. The van der Waals surface area contributed by atoms with Gasteiger partial charge in [0.05, 0.1) is 12.2 Å². The minimum atomic E-state index is -0.516. The van der Waals surface area contributed by atoms with Crippen LogP contribution in [0.15, 0.2) is 54.6 Å². The first-order chi connectivity index (χ1) is 22.2. The SMILES string of the molecule is COCCNC(=O)c1ccc2c(c1C)=CN(CC1CCCCC(C(=O)c3ccc(-c4ccc(F)cc4)cc3F)CCC1)C(C)CC=2. The molecule has 1 aliphatic carbocycles. The average Bonchev–Trinajstić information content (AvgIpc) is 3.11. The van der Waals surface area contributed by atoms with E-state index in [0.29, 0.717) is 41.8 Å². The maximum Gasteiger partial charge on any atom is 0.251 e. The Morgan fingerprint density at radius 2 is 1.61 bits per heavy atom. The van der Waals surface area contributed by atoms with Crippen LogP contribution < -0.4 is 15.8 Å². The number of nitrogens with zero attached hydrogens (tertiary/aromatic N) is 1. The van der Waals surface area contributed by atoms with E-state index in [4.69, 9.17) is 4.74 Å². The van der Waals surface area contributed by atoms with E-state index in [1.807, 2.05) is 13.0 Å². The number of hydrogen-bond acceptors (Lipinski definition) is 4. The Kier molecular flexibility index (Phi) is 11.4. The van der Waals surface area contributed by atoms with Crippen LogP contribution in [0.5, 0.6) is 0 Å². The Balaban J connectivity index is 1.25. The number of benzene rings is 3. The van der Waals surface area contributed by atoms with Crippen LogP contribution in [0.4, 0.5) is 8.78 Å². The second kappa shape index (κ2) is 15.6. The van der Waals surface area contributed by atoms with Crippen molar-refractivity contribution in [2.24, 2.45) is 11.8 Å². The van der Waals surface area contributed by atoms with Gasteiger partial charge >= 0.3 is 0 Å². The van der Waals surface area contributed by atoms with E-state index in [1.54, 1.807) is 31.4 Å². The van der Waals surface area contributed by atoms with E-state index in [1.165, 1.54) is 18.2 Å². The molecule has 1 heterocycles. The molecule has 0 bridgehead atoms. The second-order valence-electron chi connectivity index (χ2n) is 12.9. The number of nitrogens with one attached hydrogen (secondary N) is 1. The van der Waals surface area contributed by atoms with Crippen LogP contribution in [0.2, 0.25) is 0 Å². The molecule has 3 unspecified atom stereocenters. The molecule has 5 rings (SSSR count). The van der Waals surface area contributed by atoms with Crippen molar-refractivity contribution in [2.45, 2.75) is 71.3 Å². The van der Waals surface area contributed by atoms with Crippen LogP contribution in [0.25, 0.3) is 23.4 Å². The summed E-state index contributed by atoms with van der Waals surface area (Å²) in [7, 11) is 1.62. The lowest BCUT2D eigenvalue weighted by molar-refractivity contribution is 0.0897. The fourth-order valence-corrected chi connectivity index (χ4v) is 6.93. The van der Waals surface area contributed by atoms with E-state index in [0.717, 1.165) is 73.9 Å². The van der Waals surface area contributed by atoms with Gasteiger partial charge in [-0.3, -0.25) is 9.59 Å². The first kappa shape index (κ1) is 33.5. The molecule has 1 saturated carbocycles. The Labute approximate surface area is 271 Å². The fourth-order valence-electron chi connectivity index (χ4n) is 6.93. The van der Waals surface area contributed by atoms with Crippen LogP contribution in [0.3, 0.4) is 0 Å². The van der Waals surface area contributed by atoms with E-state index >= 15 is 4.39 Å². The largest absolute Gasteiger partial charge is 0.383 e. The number of hydrogen-bond donors (Lipinski definition) is 1. The number of Topliss-reactive ketones (excluding diaryl/α,β-unsaturated/α-hetero) is 1. The molecule has 244 valence electrons. The highest BCUT2D eigenvalue weighted by molar-refractivity contribution is 5.98. The van der Waals surface area contributed by atoms with Crippen molar-refractivity contribution in [1.82, 2.24) is 10.2 Å². The van der Waals surface area contributed by atoms with Crippen molar-refractivity contribution in [3.8, 4) is 11.1 Å². The Morgan fingerprint density at radius 3 is 2.37 bits per heavy atom. The maximum atomic E-state index is 15.2. The molecular formula is C39H46F2N2O3. The Bertz CT molecular complexity index is 1650. The van der Waals surface area contributed by atoms with Gasteiger partial charge in [0.15, 0.2) is 5.78 Å². The van der Waals surface area contributed by atoms with Gasteiger partial charge in [0.2, 0.25) is 0 Å². The minimum Gasteiger partial charge on any atom is -0.383 e. The number of carbonyl (C=O) groups is 2. The van der Waals surface area contributed by atoms with Crippen molar-refractivity contribution in [3.05, 3.63) is 93.4 Å². The molecule has 5 nitrogen and oxygen atoms in total. The van der Waals surface area contributed by atoms with Gasteiger partial charge in [-0.05, 0) is 104 Å². The van der Waals surface area contributed by atoms with Gasteiger partial charge in [-0.2, -0.15) is 0 Å². The fraction of sp³-hybridized carbons (Fsp3) is 0.436. The molecule has 0 saturated heterocycles. The number of rotatable bonds is 9. The van der Waals surface area contributed by atoms with E-state index in [9.17, 15) is 14.0 Å². The number of amides is 1. The normalized spacial score (nSPS) is 20.2. The molecule has 0 aromatic heterocycles. The van der Waals surface area contributed by atoms with E-state index in [-0.39, 0.29) is 29.0 Å². The molecule has 3 aromatic carbocycles. The Hall–Kier alpha value is -3.84. The molecular weight excluding hydrogens is 582 g/mol. The highest BCUT2D eigenvalue weighted by atomic mass is 19.1. The standard InChI is InChI=1S/C39H46F2N2O3/c1-26-11-12-30-15-19-34(39(45)42-21-22-46-3)27(2)36(30)25-43(26)24-28-7-4-5-9-31(10-6-8-28)38(44)35-20-16-32(23-37(35)41)29-13-17-33(40)18-14-29/h12-20,23,25-26,28,31H,4-11,21-22,24H2,1-3H3,(H,42,45). The lowest BCUT2D eigenvalue weighted by atomic mass is 9.88. The zero-order valence-corrected chi connectivity index (χ0v) is 27.3. The van der Waals surface area contributed by atoms with E-state index < -0.39 is 5.82 Å². The minimum absolute atomic E-state index is 0.0846. The Morgan fingerprint density at radius 1 is 0.913 bits per heavy atom. The summed E-state index contributed by atoms with van der Waals surface area (Å²) >= 11 is 0. The van der Waals surface area contributed by atoms with Crippen LogP contribution >= 0.6 is 0 Å². The predicted octanol–water partition coefficient (Wildman–Crippen LogP) is 6.79. The van der Waals surface area contributed by atoms with Crippen molar-refractivity contribution < 1.29 is 23.1 Å². The molecule has 0 spiro atoms. The third-order valence-electron chi connectivity index (χ3n) is 9.76. The summed E-state index contributed by atoms with van der Waals surface area (Å²) in [4.78, 5) is 28.9. The van der Waals surface area contributed by atoms with E-state index in [2.05, 4.69) is 35.5 Å². The summed E-state index contributed by atoms with van der Waals surface area (Å²) in [6.07, 6.45) is 12.0. The zero-order chi connectivity index (χ0) is 32.6. The van der Waals surface area contributed by atoms with Gasteiger partial charge in [-0.1, -0.05) is 49.6 Å². The maximum absolute atomic E-state index is 15.2. The third-order valence-corrected chi connectivity index (χ3v) is 9.76. The van der Waals surface area contributed by atoms with Crippen LogP contribution in [0, 0.1) is 30.4 Å². The van der Waals surface area contributed by atoms with Crippen LogP contribution in [0.1, 0.15) is 84.6 Å². The lowest BCUT2D eigenvalue weighted by Crippen LogP contribution is -2.37. The monoisotopic (exact) mass is 628 g/mol. The van der Waals surface area contributed by atoms with Gasteiger partial charge in [-0.25, -0.2) is 8.78 Å². The average molecular weight is 629 g/mol. The van der Waals surface area contributed by atoms with Crippen LogP contribution in [-0.2, 0) is 4.74 Å². The molecule has 0 radical (unpaired) electrons. The molecule has 2 aliphatic rings. The first-order valence-electron chi connectivity index (χ1n) is 16.7. The molecule has 3 aromatic rings. The van der Waals surface area contributed by atoms with Gasteiger partial charge < -0.3 is 15.0 Å². The second-order valence-corrected chi connectivity index (χ2v) is 12.9. The third kappa shape index (κ3) is 8.11. The predicted molar refractivity (Wildman–Crippen MR) is 180 cm³/mol. The van der Waals surface area contributed by atoms with Crippen LogP contribution in [-0.4, -0.2) is 49.4 Å². The van der Waals surface area contributed by atoms with Gasteiger partial charge in [0.1, 0.15) is 11.6 Å². The number of carbonyl (C=O) groups excluding carboxylic acids is 2. The molecule has 46 heavy (non-hydrogen) atoms. The molecule has 1 amide bonds. The smallest absolute Gasteiger partial charge is 0.251 e. The van der Waals surface area contributed by atoms with Gasteiger partial charge in [0.25, 0.3) is 5.91 Å². The first-order valence-corrected chi connectivity index (χ1v) is 16.7. The van der Waals surface area contributed by atoms with Crippen molar-refractivity contribution in [1.29, 1.82) is 0 Å². The molecule has 7 heteroatoms. The van der Waals surface area contributed by atoms with Crippen molar-refractivity contribution in [3.63, 3.8) is 0 Å². The highest BCUT2D eigenvalue weighted by Crippen LogP contribution is 2.31. The number of fused-ring (bicyclic) bond motifs is 1. The quantitative estimate of drug-likeness (QED) is 0.210. The molecule has 1 fully saturated rings. The summed E-state index contributed by atoms with van der Waals surface area (Å²) in [6.45, 7) is 6.15. The molecule has 1 aliphatic heterocycles. The highest BCUT2D eigenvalue weighted by Gasteiger charge is 2.26. The molecule has 1 N–H and O–H groups in total. The topological polar surface area (TPSA) is 58.6 Å². The summed E-state index contributed by atoms with van der Waals surface area (Å²) in [5, 5.41) is 5.21. The number of methoxy groups -OCH3 is 1. The summed E-state index contributed by atoms with van der Waals surface area (Å²) in [6, 6.07) is 15.0. The lowest BCUT2D eigenvalue weighted by Gasteiger charge is -2.31. The summed E-state index contributed by atoms with van der Waals surface area (Å²) in [5.41, 5.74) is 3.16. The van der Waals surface area contributed by atoms with Gasteiger partial charge in [-0.15, -0.1) is 0 Å². The zero-order valence-electron chi connectivity index (χ0n) is 27.3. The number of halogens is 2. The number of ketones is 1. The summed E-state index contributed by atoms with van der Waals surface area (Å²) < 4.78 is 33.6. The number of ether oxygens (including phenoxy) is 1. The van der Waals surface area contributed by atoms with Crippen molar-refractivity contribution >= 4 is 24.0 Å². The van der Waals surface area contributed by atoms with Crippen molar-refractivity contribution in [2.75, 3.05) is 26.8 Å². The van der Waals surface area contributed by atoms with Gasteiger partial charge in [0, 0.05) is 49.1 Å². The summed E-state index contributed by atoms with van der Waals surface area (Å²) in [5.74, 6) is -0.754.